The normalized spacial score (nSPS) is 12.0. The molecule has 84 valence electrons. The van der Waals surface area contributed by atoms with Crippen molar-refractivity contribution >= 4 is 22.5 Å². The summed E-state index contributed by atoms with van der Waals surface area (Å²) in [6, 6.07) is 7.65. The highest BCUT2D eigenvalue weighted by molar-refractivity contribution is 6.29. The molecule has 0 radical (unpaired) electrons. The zero-order valence-electron chi connectivity index (χ0n) is 8.05. The number of rotatable bonds is 1. The SMILES string of the molecule is FC(F)(F)Cc1ccc2nc(Cl)ccc2c1. The summed E-state index contributed by atoms with van der Waals surface area (Å²) in [6.45, 7) is 0. The monoisotopic (exact) mass is 245 g/mol. The van der Waals surface area contributed by atoms with Crippen molar-refractivity contribution in [3.05, 3.63) is 41.0 Å². The van der Waals surface area contributed by atoms with Gasteiger partial charge in [0.25, 0.3) is 0 Å². The van der Waals surface area contributed by atoms with Gasteiger partial charge < -0.3 is 0 Å². The van der Waals surface area contributed by atoms with E-state index in [0.29, 0.717) is 16.1 Å². The number of pyridine rings is 1. The van der Waals surface area contributed by atoms with Gasteiger partial charge in [-0.25, -0.2) is 4.98 Å². The van der Waals surface area contributed by atoms with Crippen molar-refractivity contribution < 1.29 is 13.2 Å². The average Bonchev–Trinajstić information content (AvgIpc) is 2.16. The first kappa shape index (κ1) is 11.2. The number of fused-ring (bicyclic) bond motifs is 1. The molecule has 1 nitrogen and oxygen atoms in total. The first-order valence-corrected chi connectivity index (χ1v) is 4.94. The molecule has 0 aliphatic carbocycles. The molecule has 16 heavy (non-hydrogen) atoms. The van der Waals surface area contributed by atoms with Crippen LogP contribution in [-0.2, 0) is 6.42 Å². The first-order valence-electron chi connectivity index (χ1n) is 4.56. The molecule has 0 atom stereocenters. The van der Waals surface area contributed by atoms with Gasteiger partial charge in [0.05, 0.1) is 11.9 Å². The summed E-state index contributed by atoms with van der Waals surface area (Å²) >= 11 is 5.67. The van der Waals surface area contributed by atoms with Gasteiger partial charge in [0.2, 0.25) is 0 Å². The van der Waals surface area contributed by atoms with Crippen molar-refractivity contribution in [1.29, 1.82) is 0 Å². The molecule has 0 saturated heterocycles. The van der Waals surface area contributed by atoms with Gasteiger partial charge in [0, 0.05) is 5.39 Å². The molecule has 0 unspecified atom stereocenters. The summed E-state index contributed by atoms with van der Waals surface area (Å²) in [7, 11) is 0. The molecule has 0 saturated carbocycles. The van der Waals surface area contributed by atoms with Crippen LogP contribution in [0.5, 0.6) is 0 Å². The number of aromatic nitrogens is 1. The maximum Gasteiger partial charge on any atom is 0.393 e. The van der Waals surface area contributed by atoms with E-state index in [1.165, 1.54) is 12.1 Å². The van der Waals surface area contributed by atoms with Crippen LogP contribution in [0.2, 0.25) is 5.15 Å². The fourth-order valence-corrected chi connectivity index (χ4v) is 1.65. The van der Waals surface area contributed by atoms with E-state index in [-0.39, 0.29) is 5.56 Å². The van der Waals surface area contributed by atoms with Crippen molar-refractivity contribution in [2.75, 3.05) is 0 Å². The molecule has 0 aliphatic heterocycles. The third-order valence-corrected chi connectivity index (χ3v) is 2.33. The quantitative estimate of drug-likeness (QED) is 0.692. The summed E-state index contributed by atoms with van der Waals surface area (Å²) in [6.07, 6.45) is -5.11. The second-order valence-corrected chi connectivity index (χ2v) is 3.84. The van der Waals surface area contributed by atoms with Crippen LogP contribution in [0.1, 0.15) is 5.56 Å². The Hall–Kier alpha value is -1.29. The molecule has 0 amide bonds. The minimum Gasteiger partial charge on any atom is -0.236 e. The average molecular weight is 246 g/mol. The lowest BCUT2D eigenvalue weighted by Gasteiger charge is -2.07. The molecule has 1 aromatic heterocycles. The fraction of sp³-hybridized carbons (Fsp3) is 0.182. The molecular formula is C11H7ClF3N. The van der Waals surface area contributed by atoms with E-state index in [1.807, 2.05) is 0 Å². The van der Waals surface area contributed by atoms with E-state index in [9.17, 15) is 13.2 Å². The number of halogens is 4. The van der Waals surface area contributed by atoms with Crippen LogP contribution in [0.3, 0.4) is 0 Å². The van der Waals surface area contributed by atoms with E-state index >= 15 is 0 Å². The van der Waals surface area contributed by atoms with E-state index in [0.717, 1.165) is 0 Å². The van der Waals surface area contributed by atoms with Crippen molar-refractivity contribution in [3.8, 4) is 0 Å². The topological polar surface area (TPSA) is 12.9 Å². The summed E-state index contributed by atoms with van der Waals surface area (Å²) in [5, 5.41) is 0.988. The van der Waals surface area contributed by atoms with Crippen LogP contribution in [0, 0.1) is 0 Å². The van der Waals surface area contributed by atoms with Gasteiger partial charge in [-0.1, -0.05) is 17.7 Å². The van der Waals surface area contributed by atoms with E-state index in [2.05, 4.69) is 4.98 Å². The Morgan fingerprint density at radius 1 is 1.12 bits per heavy atom. The summed E-state index contributed by atoms with van der Waals surface area (Å²) < 4.78 is 36.5. The van der Waals surface area contributed by atoms with Crippen LogP contribution in [0.15, 0.2) is 30.3 Å². The standard InChI is InChI=1S/C11H7ClF3N/c12-10-4-2-8-5-7(6-11(13,14)15)1-3-9(8)16-10/h1-5H,6H2. The molecule has 2 aromatic rings. The van der Waals surface area contributed by atoms with Crippen LogP contribution < -0.4 is 0 Å². The van der Waals surface area contributed by atoms with Gasteiger partial charge >= 0.3 is 6.18 Å². The molecule has 0 fully saturated rings. The molecule has 0 spiro atoms. The predicted molar refractivity (Wildman–Crippen MR) is 56.5 cm³/mol. The van der Waals surface area contributed by atoms with Crippen LogP contribution in [0.25, 0.3) is 10.9 Å². The van der Waals surface area contributed by atoms with Crippen LogP contribution in [-0.4, -0.2) is 11.2 Å². The lowest BCUT2D eigenvalue weighted by atomic mass is 10.1. The van der Waals surface area contributed by atoms with Gasteiger partial charge in [-0.2, -0.15) is 13.2 Å². The molecule has 0 N–H and O–H groups in total. The lowest BCUT2D eigenvalue weighted by molar-refractivity contribution is -0.127. The number of benzene rings is 1. The molecule has 0 aliphatic rings. The van der Waals surface area contributed by atoms with Gasteiger partial charge in [-0.15, -0.1) is 0 Å². The van der Waals surface area contributed by atoms with Gasteiger partial charge in [0.15, 0.2) is 0 Å². The van der Waals surface area contributed by atoms with Crippen LogP contribution in [0.4, 0.5) is 13.2 Å². The summed E-state index contributed by atoms with van der Waals surface area (Å²) in [5.41, 5.74) is 0.822. The zero-order chi connectivity index (χ0) is 11.8. The molecule has 2 rings (SSSR count). The highest BCUT2D eigenvalue weighted by Gasteiger charge is 2.27. The summed E-state index contributed by atoms with van der Waals surface area (Å²) in [4.78, 5) is 4.00. The Labute approximate surface area is 94.9 Å². The lowest BCUT2D eigenvalue weighted by Crippen LogP contribution is -2.11. The second kappa shape index (κ2) is 3.94. The Bertz CT molecular complexity index is 522. The minimum absolute atomic E-state index is 0.226. The fourth-order valence-electron chi connectivity index (χ4n) is 1.49. The highest BCUT2D eigenvalue weighted by atomic mass is 35.5. The van der Waals surface area contributed by atoms with E-state index < -0.39 is 12.6 Å². The van der Waals surface area contributed by atoms with Gasteiger partial charge in [0.1, 0.15) is 5.15 Å². The molecule has 0 bridgehead atoms. The van der Waals surface area contributed by atoms with Crippen molar-refractivity contribution in [2.24, 2.45) is 0 Å². The number of nitrogens with zero attached hydrogens (tertiary/aromatic N) is 1. The van der Waals surface area contributed by atoms with E-state index in [4.69, 9.17) is 11.6 Å². The van der Waals surface area contributed by atoms with Crippen molar-refractivity contribution in [1.82, 2.24) is 4.98 Å². The second-order valence-electron chi connectivity index (χ2n) is 3.45. The van der Waals surface area contributed by atoms with Gasteiger partial charge in [-0.05, 0) is 29.8 Å². The van der Waals surface area contributed by atoms with Gasteiger partial charge in [-0.3, -0.25) is 0 Å². The molecule has 1 heterocycles. The summed E-state index contributed by atoms with van der Waals surface area (Å²) in [5.74, 6) is 0. The Kier molecular flexibility index (Phi) is 2.76. The predicted octanol–water partition coefficient (Wildman–Crippen LogP) is 3.99. The third kappa shape index (κ3) is 2.64. The molecule has 1 aromatic carbocycles. The Morgan fingerprint density at radius 2 is 1.88 bits per heavy atom. The molecular weight excluding hydrogens is 239 g/mol. The Balaban J connectivity index is 2.41. The maximum atomic E-state index is 12.2. The minimum atomic E-state index is -4.19. The first-order chi connectivity index (χ1) is 7.44. The highest BCUT2D eigenvalue weighted by Crippen LogP contribution is 2.24. The van der Waals surface area contributed by atoms with Crippen molar-refractivity contribution in [2.45, 2.75) is 12.6 Å². The smallest absolute Gasteiger partial charge is 0.236 e. The zero-order valence-corrected chi connectivity index (χ0v) is 8.81. The van der Waals surface area contributed by atoms with Crippen molar-refractivity contribution in [3.63, 3.8) is 0 Å². The number of hydrogen-bond donors (Lipinski definition) is 0. The molecule has 5 heteroatoms. The number of alkyl halides is 3. The maximum absolute atomic E-state index is 12.2. The van der Waals surface area contributed by atoms with E-state index in [1.54, 1.807) is 18.2 Å². The number of hydrogen-bond acceptors (Lipinski definition) is 1. The third-order valence-electron chi connectivity index (χ3n) is 2.12. The van der Waals surface area contributed by atoms with Crippen LogP contribution >= 0.6 is 11.6 Å². The largest absolute Gasteiger partial charge is 0.393 e. The Morgan fingerprint density at radius 3 is 2.56 bits per heavy atom.